The van der Waals surface area contributed by atoms with Crippen molar-refractivity contribution in [2.75, 3.05) is 36.8 Å². The number of hydrogen-bond acceptors (Lipinski definition) is 10. The Balaban J connectivity index is 1.58. The Kier molecular flexibility index (Phi) is 10.5. The Morgan fingerprint density at radius 1 is 0.667 bits per heavy atom. The van der Waals surface area contributed by atoms with Crippen molar-refractivity contribution in [2.45, 2.75) is 30.7 Å². The number of aliphatic hydroxyl groups is 1. The van der Waals surface area contributed by atoms with Crippen molar-refractivity contribution in [3.63, 3.8) is 0 Å². The quantitative estimate of drug-likeness (QED) is 0.269. The number of methoxy groups -OCH3 is 2. The molecule has 3 amide bonds. The first-order valence-electron chi connectivity index (χ1n) is 12.9. The zero-order valence-corrected chi connectivity index (χ0v) is 22.8. The van der Waals surface area contributed by atoms with Crippen LogP contribution in [0.15, 0.2) is 84.9 Å². The molecule has 4 rings (SSSR count). The van der Waals surface area contributed by atoms with Crippen LogP contribution in [0, 0.1) is 0 Å². The summed E-state index contributed by atoms with van der Waals surface area (Å²) in [5.74, 6) is 0.576. The third kappa shape index (κ3) is 8.10. The summed E-state index contributed by atoms with van der Waals surface area (Å²) in [6, 6.07) is 23.4. The summed E-state index contributed by atoms with van der Waals surface area (Å²) in [5, 5.41) is 17.8. The molecule has 5 atom stereocenters. The molecule has 42 heavy (non-hydrogen) atoms. The van der Waals surface area contributed by atoms with E-state index in [0.717, 1.165) is 0 Å². The van der Waals surface area contributed by atoms with E-state index >= 15 is 0 Å². The minimum atomic E-state index is -1.48. The molecule has 0 unspecified atom stereocenters. The Hall–Kier alpha value is -4.85. The molecule has 0 spiro atoms. The van der Waals surface area contributed by atoms with Gasteiger partial charge in [-0.15, -0.1) is 0 Å². The van der Waals surface area contributed by atoms with E-state index in [2.05, 4.69) is 16.0 Å². The van der Waals surface area contributed by atoms with Gasteiger partial charge in [0.25, 0.3) is 0 Å². The molecule has 4 N–H and O–H groups in total. The lowest BCUT2D eigenvalue weighted by molar-refractivity contribution is -0.290. The minimum absolute atomic E-state index is 0.377. The van der Waals surface area contributed by atoms with Gasteiger partial charge in [0.1, 0.15) is 11.9 Å². The van der Waals surface area contributed by atoms with Crippen LogP contribution in [0.1, 0.15) is 0 Å². The van der Waals surface area contributed by atoms with E-state index in [1.807, 2.05) is 0 Å². The zero-order valence-electron chi connectivity index (χ0n) is 22.8. The van der Waals surface area contributed by atoms with Crippen LogP contribution < -0.4 is 20.7 Å². The number of carbonyl (C=O) groups excluding carboxylic acids is 3. The molecule has 3 aromatic rings. The standard InChI is InChI=1S/C29H31N3O10/c1-37-21-15-13-20(14-16-21)32-27(34)40-23-22(17-33)39-26(38-2)25(42-29(36)31-19-11-7-4-8-12-19)24(23)41-28(35)30-18-9-5-3-6-10-18/h3-16,22-26,33H,17H2,1-2H3,(H,30,35)(H,31,36)(H,32,34)/t22-,23-,24+,25-,26+/m1/s1. The second-order valence-corrected chi connectivity index (χ2v) is 8.91. The number of anilines is 3. The highest BCUT2D eigenvalue weighted by atomic mass is 16.7. The van der Waals surface area contributed by atoms with Crippen molar-refractivity contribution in [3.05, 3.63) is 84.9 Å². The largest absolute Gasteiger partial charge is 0.497 e. The fourth-order valence-electron chi connectivity index (χ4n) is 4.15. The van der Waals surface area contributed by atoms with Crippen molar-refractivity contribution in [3.8, 4) is 5.75 Å². The van der Waals surface area contributed by atoms with Crippen molar-refractivity contribution in [2.24, 2.45) is 0 Å². The average Bonchev–Trinajstić information content (AvgIpc) is 3.00. The summed E-state index contributed by atoms with van der Waals surface area (Å²) < 4.78 is 33.1. The van der Waals surface area contributed by atoms with Gasteiger partial charge in [-0.25, -0.2) is 14.4 Å². The molecule has 1 fully saturated rings. The molecule has 0 saturated carbocycles. The predicted molar refractivity (Wildman–Crippen MR) is 150 cm³/mol. The number of rotatable bonds is 9. The van der Waals surface area contributed by atoms with Crippen molar-refractivity contribution >= 4 is 35.3 Å². The number of aliphatic hydroxyl groups excluding tert-OH is 1. The molecule has 1 aliphatic rings. The van der Waals surface area contributed by atoms with E-state index in [4.69, 9.17) is 28.4 Å². The molecule has 13 heteroatoms. The third-order valence-corrected chi connectivity index (χ3v) is 6.11. The van der Waals surface area contributed by atoms with Gasteiger partial charge in [-0.3, -0.25) is 16.0 Å². The van der Waals surface area contributed by atoms with E-state index in [0.29, 0.717) is 22.8 Å². The van der Waals surface area contributed by atoms with Crippen LogP contribution in [-0.2, 0) is 23.7 Å². The summed E-state index contributed by atoms with van der Waals surface area (Å²) in [4.78, 5) is 38.8. The second kappa shape index (κ2) is 14.7. The van der Waals surface area contributed by atoms with Gasteiger partial charge in [0.05, 0.1) is 13.7 Å². The first-order valence-corrected chi connectivity index (χ1v) is 12.9. The van der Waals surface area contributed by atoms with Crippen LogP contribution in [0.3, 0.4) is 0 Å². The van der Waals surface area contributed by atoms with Crippen LogP contribution >= 0.6 is 0 Å². The summed E-state index contributed by atoms with van der Waals surface area (Å²) in [6.45, 7) is -0.649. The van der Waals surface area contributed by atoms with Crippen LogP contribution in [0.4, 0.5) is 31.4 Å². The molecular weight excluding hydrogens is 550 g/mol. The smallest absolute Gasteiger partial charge is 0.412 e. The molecule has 222 valence electrons. The Morgan fingerprint density at radius 3 is 1.57 bits per heavy atom. The Morgan fingerprint density at radius 2 is 1.12 bits per heavy atom. The Bertz CT molecular complexity index is 1310. The van der Waals surface area contributed by atoms with E-state index in [-0.39, 0.29) is 0 Å². The molecule has 3 aromatic carbocycles. The SMILES string of the molecule is COc1ccc(NC(=O)O[C@H]2[C@H](OC(=O)Nc3ccccc3)[C@@H](OC(=O)Nc3ccccc3)[C@@H](OC)O[C@@H]2CO)cc1. The summed E-state index contributed by atoms with van der Waals surface area (Å²) in [5.41, 5.74) is 1.24. The third-order valence-electron chi connectivity index (χ3n) is 6.11. The van der Waals surface area contributed by atoms with E-state index in [9.17, 15) is 19.5 Å². The summed E-state index contributed by atoms with van der Waals surface area (Å²) in [7, 11) is 2.79. The minimum Gasteiger partial charge on any atom is -0.497 e. The van der Waals surface area contributed by atoms with E-state index in [1.165, 1.54) is 14.2 Å². The molecule has 1 saturated heterocycles. The van der Waals surface area contributed by atoms with Crippen molar-refractivity contribution in [1.29, 1.82) is 0 Å². The highest BCUT2D eigenvalue weighted by molar-refractivity contribution is 5.86. The fourth-order valence-corrected chi connectivity index (χ4v) is 4.15. The molecule has 0 bridgehead atoms. The maximum absolute atomic E-state index is 13.0. The molecule has 13 nitrogen and oxygen atoms in total. The van der Waals surface area contributed by atoms with Gasteiger partial charge in [-0.2, -0.15) is 0 Å². The first-order chi connectivity index (χ1) is 20.4. The number of ether oxygens (including phenoxy) is 6. The lowest BCUT2D eigenvalue weighted by atomic mass is 9.98. The van der Waals surface area contributed by atoms with Gasteiger partial charge in [-0.1, -0.05) is 36.4 Å². The van der Waals surface area contributed by atoms with Crippen molar-refractivity contribution < 1.29 is 47.9 Å². The average molecular weight is 582 g/mol. The summed E-state index contributed by atoms with van der Waals surface area (Å²) in [6.07, 6.45) is -9.68. The van der Waals surface area contributed by atoms with E-state index in [1.54, 1.807) is 84.9 Å². The van der Waals surface area contributed by atoms with Gasteiger partial charge in [0.2, 0.25) is 0 Å². The lowest BCUT2D eigenvalue weighted by Crippen LogP contribution is -2.63. The molecule has 0 radical (unpaired) electrons. The van der Waals surface area contributed by atoms with Crippen molar-refractivity contribution in [1.82, 2.24) is 0 Å². The van der Waals surface area contributed by atoms with Gasteiger partial charge < -0.3 is 33.5 Å². The van der Waals surface area contributed by atoms with Gasteiger partial charge in [-0.05, 0) is 48.5 Å². The second-order valence-electron chi connectivity index (χ2n) is 8.91. The van der Waals surface area contributed by atoms with Crippen LogP contribution in [-0.4, -0.2) is 74.9 Å². The zero-order chi connectivity index (χ0) is 29.9. The number of benzene rings is 3. The number of carbonyl (C=O) groups is 3. The number of amides is 3. The number of nitrogens with one attached hydrogen (secondary N) is 3. The van der Waals surface area contributed by atoms with Gasteiger partial charge in [0.15, 0.2) is 24.6 Å². The molecule has 0 aliphatic carbocycles. The summed E-state index contributed by atoms with van der Waals surface area (Å²) >= 11 is 0. The fraction of sp³-hybridized carbons (Fsp3) is 0.276. The highest BCUT2D eigenvalue weighted by Crippen LogP contribution is 2.30. The number of hydrogen-bond donors (Lipinski definition) is 4. The monoisotopic (exact) mass is 581 g/mol. The molecular formula is C29H31N3O10. The van der Waals surface area contributed by atoms with Crippen LogP contribution in [0.5, 0.6) is 5.75 Å². The van der Waals surface area contributed by atoms with Gasteiger partial charge in [0, 0.05) is 24.2 Å². The normalized spacial score (nSPS) is 21.4. The molecule has 0 aromatic heterocycles. The first kappa shape index (κ1) is 30.1. The number of para-hydroxylation sites is 2. The lowest BCUT2D eigenvalue weighted by Gasteiger charge is -2.43. The molecule has 1 aliphatic heterocycles. The highest BCUT2D eigenvalue weighted by Gasteiger charge is 2.52. The van der Waals surface area contributed by atoms with Gasteiger partial charge >= 0.3 is 18.3 Å². The Labute approximate surface area is 241 Å². The topological polar surface area (TPSA) is 163 Å². The maximum atomic E-state index is 13.0. The maximum Gasteiger partial charge on any atom is 0.412 e. The predicted octanol–water partition coefficient (Wildman–Crippen LogP) is 4.21. The van der Waals surface area contributed by atoms with E-state index < -0.39 is 55.6 Å². The molecule has 1 heterocycles. The van der Waals surface area contributed by atoms with Crippen LogP contribution in [0.2, 0.25) is 0 Å². The van der Waals surface area contributed by atoms with Crippen LogP contribution in [0.25, 0.3) is 0 Å².